The van der Waals surface area contributed by atoms with Crippen LogP contribution in [0.25, 0.3) is 22.3 Å². The van der Waals surface area contributed by atoms with Crippen molar-refractivity contribution >= 4 is 28.6 Å². The van der Waals surface area contributed by atoms with Crippen LogP contribution in [0.1, 0.15) is 25.5 Å². The van der Waals surface area contributed by atoms with Crippen molar-refractivity contribution in [2.75, 3.05) is 5.75 Å². The second-order valence-corrected chi connectivity index (χ2v) is 8.64. The number of benzene rings is 1. The van der Waals surface area contributed by atoms with Crippen molar-refractivity contribution in [1.82, 2.24) is 25.1 Å². The number of hydrogen-bond acceptors (Lipinski definition) is 5. The lowest BCUT2D eigenvalue weighted by atomic mass is 10.1. The second-order valence-electron chi connectivity index (χ2n) is 7.70. The number of aromatic amines is 1. The number of carbonyl (C=O) groups is 1. The molecule has 1 unspecified atom stereocenters. The monoisotopic (exact) mass is 421 g/mol. The average Bonchev–Trinajstić information content (AvgIpc) is 3.14. The first-order valence-electron chi connectivity index (χ1n) is 10.1. The Morgan fingerprint density at radius 2 is 2.17 bits per heavy atom. The van der Waals surface area contributed by atoms with Crippen molar-refractivity contribution in [2.24, 2.45) is 5.92 Å². The van der Waals surface area contributed by atoms with E-state index in [9.17, 15) is 4.79 Å². The maximum absolute atomic E-state index is 12.4. The van der Waals surface area contributed by atoms with Gasteiger partial charge in [-0.1, -0.05) is 30.0 Å². The van der Waals surface area contributed by atoms with Crippen LogP contribution in [0.4, 0.5) is 0 Å². The second kappa shape index (κ2) is 8.02. The van der Waals surface area contributed by atoms with Crippen LogP contribution in [0.2, 0.25) is 0 Å². The number of amides is 1. The van der Waals surface area contributed by atoms with Gasteiger partial charge in [-0.25, -0.2) is 0 Å². The van der Waals surface area contributed by atoms with Gasteiger partial charge in [0.2, 0.25) is 5.91 Å². The molecule has 1 saturated carbocycles. The highest BCUT2D eigenvalue weighted by molar-refractivity contribution is 7.99. The van der Waals surface area contributed by atoms with Crippen LogP contribution in [0, 0.1) is 5.92 Å². The van der Waals surface area contributed by atoms with E-state index in [-0.39, 0.29) is 11.9 Å². The predicted octanol–water partition coefficient (Wildman–Crippen LogP) is 4.07. The van der Waals surface area contributed by atoms with E-state index < -0.39 is 0 Å². The molecule has 1 fully saturated rings. The minimum absolute atomic E-state index is 0.0283. The fraction of sp³-hybridized carbons (Fsp3) is 0.318. The summed E-state index contributed by atoms with van der Waals surface area (Å²) in [5.41, 5.74) is 2.02. The normalized spacial score (nSPS) is 14.8. The minimum atomic E-state index is 0.0283. The van der Waals surface area contributed by atoms with Crippen molar-refractivity contribution in [3.05, 3.63) is 54.6 Å². The third-order valence-corrected chi connectivity index (χ3v) is 6.46. The van der Waals surface area contributed by atoms with Crippen LogP contribution in [0.15, 0.2) is 58.4 Å². The van der Waals surface area contributed by atoms with Crippen LogP contribution in [0.3, 0.4) is 0 Å². The highest BCUT2D eigenvalue weighted by Crippen LogP contribution is 2.33. The van der Waals surface area contributed by atoms with Gasteiger partial charge in [-0.15, -0.1) is 10.2 Å². The molecule has 4 aromatic rings. The third-order valence-electron chi connectivity index (χ3n) is 5.49. The van der Waals surface area contributed by atoms with Gasteiger partial charge < -0.3 is 14.7 Å². The molecule has 0 spiro atoms. The molecule has 0 aliphatic heterocycles. The number of nitrogens with zero attached hydrogens (tertiary/aromatic N) is 3. The number of para-hydroxylation sites is 1. The summed E-state index contributed by atoms with van der Waals surface area (Å²) in [7, 11) is 0. The molecule has 1 aliphatic rings. The summed E-state index contributed by atoms with van der Waals surface area (Å²) < 4.78 is 7.57. The van der Waals surface area contributed by atoms with Crippen molar-refractivity contribution in [2.45, 2.75) is 37.5 Å². The summed E-state index contributed by atoms with van der Waals surface area (Å²) in [5.74, 6) is 2.53. The number of rotatable bonds is 8. The number of nitrogens with one attached hydrogen (secondary N) is 2. The first kappa shape index (κ1) is 19.0. The van der Waals surface area contributed by atoms with Gasteiger partial charge in [0.05, 0.1) is 18.6 Å². The van der Waals surface area contributed by atoms with Gasteiger partial charge in [-0.2, -0.15) is 0 Å². The molecule has 3 heterocycles. The standard InChI is InChI=1S/C22H23N5O2S/c1-14(15-8-9-15)24-20(28)13-30-22-26-25-21(27(22)12-16-5-4-10-29-16)18-11-23-19-7-3-2-6-17(18)19/h2-7,10-11,14-15,23H,8-9,12-13H2,1H3,(H,24,28). The lowest BCUT2D eigenvalue weighted by molar-refractivity contribution is -0.119. The van der Waals surface area contributed by atoms with Gasteiger partial charge in [-0.05, 0) is 43.9 Å². The van der Waals surface area contributed by atoms with Gasteiger partial charge in [0.15, 0.2) is 11.0 Å². The van der Waals surface area contributed by atoms with E-state index in [1.54, 1.807) is 6.26 Å². The molecule has 8 heteroatoms. The Balaban J connectivity index is 1.41. The Morgan fingerprint density at radius 1 is 1.30 bits per heavy atom. The van der Waals surface area contributed by atoms with Crippen molar-refractivity contribution < 1.29 is 9.21 Å². The smallest absolute Gasteiger partial charge is 0.230 e. The SMILES string of the molecule is CC(NC(=O)CSc1nnc(-c2c[nH]c3ccccc23)n1Cc1ccco1)C1CC1. The Kier molecular flexibility index (Phi) is 5.08. The number of hydrogen-bond donors (Lipinski definition) is 2. The molecule has 30 heavy (non-hydrogen) atoms. The van der Waals surface area contributed by atoms with Crippen molar-refractivity contribution in [1.29, 1.82) is 0 Å². The van der Waals surface area contributed by atoms with Crippen LogP contribution in [0.5, 0.6) is 0 Å². The molecule has 3 aromatic heterocycles. The molecule has 5 rings (SSSR count). The maximum atomic E-state index is 12.4. The Morgan fingerprint density at radius 3 is 2.97 bits per heavy atom. The van der Waals surface area contributed by atoms with E-state index >= 15 is 0 Å². The van der Waals surface area contributed by atoms with E-state index in [0.29, 0.717) is 23.4 Å². The van der Waals surface area contributed by atoms with Crippen LogP contribution in [-0.2, 0) is 11.3 Å². The summed E-state index contributed by atoms with van der Waals surface area (Å²) in [6, 6.07) is 12.1. The topological polar surface area (TPSA) is 88.7 Å². The zero-order chi connectivity index (χ0) is 20.5. The van der Waals surface area contributed by atoms with Crippen molar-refractivity contribution in [3.63, 3.8) is 0 Å². The fourth-order valence-electron chi connectivity index (χ4n) is 3.69. The zero-order valence-electron chi connectivity index (χ0n) is 16.7. The number of carbonyl (C=O) groups excluding carboxylic acids is 1. The lowest BCUT2D eigenvalue weighted by Gasteiger charge is -2.12. The first-order chi connectivity index (χ1) is 14.7. The van der Waals surface area contributed by atoms with E-state index in [2.05, 4.69) is 33.5 Å². The number of thioether (sulfide) groups is 1. The van der Waals surface area contributed by atoms with E-state index in [1.165, 1.54) is 24.6 Å². The molecular weight excluding hydrogens is 398 g/mol. The van der Waals surface area contributed by atoms with Gasteiger partial charge in [-0.3, -0.25) is 9.36 Å². The number of aromatic nitrogens is 4. The average molecular weight is 422 g/mol. The van der Waals surface area contributed by atoms with Crippen LogP contribution in [-0.4, -0.2) is 37.5 Å². The number of H-pyrrole nitrogens is 1. The molecule has 0 saturated heterocycles. The largest absolute Gasteiger partial charge is 0.467 e. The summed E-state index contributed by atoms with van der Waals surface area (Å²) in [5, 5.41) is 13.7. The Hall–Kier alpha value is -3.00. The maximum Gasteiger partial charge on any atom is 0.230 e. The molecule has 2 N–H and O–H groups in total. The van der Waals surface area contributed by atoms with E-state index in [4.69, 9.17) is 4.42 Å². The highest BCUT2D eigenvalue weighted by Gasteiger charge is 2.29. The molecule has 0 bridgehead atoms. The van der Waals surface area contributed by atoms with Gasteiger partial charge in [0.1, 0.15) is 5.76 Å². The summed E-state index contributed by atoms with van der Waals surface area (Å²) in [6.45, 7) is 2.58. The number of fused-ring (bicyclic) bond motifs is 1. The summed E-state index contributed by atoms with van der Waals surface area (Å²) >= 11 is 1.40. The van der Waals surface area contributed by atoms with E-state index in [1.807, 2.05) is 41.1 Å². The Labute approximate surface area is 178 Å². The molecule has 1 aromatic carbocycles. The molecular formula is C22H23N5O2S. The van der Waals surface area contributed by atoms with Crippen LogP contribution < -0.4 is 5.32 Å². The van der Waals surface area contributed by atoms with Crippen LogP contribution >= 0.6 is 11.8 Å². The lowest BCUT2D eigenvalue weighted by Crippen LogP contribution is -2.35. The fourth-order valence-corrected chi connectivity index (χ4v) is 4.44. The van der Waals surface area contributed by atoms with Gasteiger partial charge >= 0.3 is 0 Å². The Bertz CT molecular complexity index is 1160. The molecule has 1 aliphatic carbocycles. The molecule has 0 radical (unpaired) electrons. The third kappa shape index (κ3) is 3.87. The summed E-state index contributed by atoms with van der Waals surface area (Å²) in [6.07, 6.45) is 6.02. The quantitative estimate of drug-likeness (QED) is 0.419. The zero-order valence-corrected chi connectivity index (χ0v) is 17.5. The first-order valence-corrected chi connectivity index (χ1v) is 11.1. The predicted molar refractivity (Wildman–Crippen MR) is 116 cm³/mol. The molecule has 1 amide bonds. The summed E-state index contributed by atoms with van der Waals surface area (Å²) in [4.78, 5) is 15.7. The van der Waals surface area contributed by atoms with E-state index in [0.717, 1.165) is 28.1 Å². The molecule has 154 valence electrons. The molecule has 7 nitrogen and oxygen atoms in total. The van der Waals surface area contributed by atoms with Gasteiger partial charge in [0.25, 0.3) is 0 Å². The van der Waals surface area contributed by atoms with Crippen molar-refractivity contribution in [3.8, 4) is 11.4 Å². The molecule has 1 atom stereocenters. The highest BCUT2D eigenvalue weighted by atomic mass is 32.2. The number of furan rings is 1. The van der Waals surface area contributed by atoms with Gasteiger partial charge in [0, 0.05) is 28.7 Å². The minimum Gasteiger partial charge on any atom is -0.467 e.